The minimum atomic E-state index is -0.172. The lowest BCUT2D eigenvalue weighted by Gasteiger charge is -2.08. The minimum Gasteiger partial charge on any atom is -0.397 e. The number of rotatable bonds is 3. The fraction of sp³-hybridized carbons (Fsp3) is 0.0833. The van der Waals surface area contributed by atoms with Gasteiger partial charge in [-0.3, -0.25) is 4.79 Å². The summed E-state index contributed by atoms with van der Waals surface area (Å²) in [6.07, 6.45) is 0. The van der Waals surface area contributed by atoms with Crippen molar-refractivity contribution >= 4 is 40.2 Å². The van der Waals surface area contributed by atoms with Crippen LogP contribution in [0.4, 0.5) is 11.4 Å². The van der Waals surface area contributed by atoms with Crippen LogP contribution in [0.5, 0.6) is 0 Å². The summed E-state index contributed by atoms with van der Waals surface area (Å²) in [5.74, 6) is -0.172. The summed E-state index contributed by atoms with van der Waals surface area (Å²) >= 11 is 7.01. The van der Waals surface area contributed by atoms with Crippen molar-refractivity contribution in [2.45, 2.75) is 6.54 Å². The molecule has 1 heterocycles. The molecule has 5 N–H and O–H groups in total. The average molecular weight is 282 g/mol. The number of carbonyl (C=O) groups excluding carboxylic acids is 1. The summed E-state index contributed by atoms with van der Waals surface area (Å²) in [6.45, 7) is 0.339. The van der Waals surface area contributed by atoms with Crippen molar-refractivity contribution in [2.24, 2.45) is 0 Å². The van der Waals surface area contributed by atoms with Crippen molar-refractivity contribution in [3.63, 3.8) is 0 Å². The molecule has 4 nitrogen and oxygen atoms in total. The summed E-state index contributed by atoms with van der Waals surface area (Å²) < 4.78 is 0.587. The lowest BCUT2D eigenvalue weighted by molar-refractivity contribution is 0.0955. The van der Waals surface area contributed by atoms with E-state index in [2.05, 4.69) is 5.32 Å². The molecule has 0 fully saturated rings. The highest BCUT2D eigenvalue weighted by Crippen LogP contribution is 2.22. The number of carbonyl (C=O) groups is 1. The Hall–Kier alpha value is -1.72. The number of thiophene rings is 1. The van der Waals surface area contributed by atoms with Crippen molar-refractivity contribution in [1.82, 2.24) is 5.32 Å². The minimum absolute atomic E-state index is 0.172. The van der Waals surface area contributed by atoms with Crippen LogP contribution in [0, 0.1) is 0 Å². The normalized spacial score (nSPS) is 10.3. The van der Waals surface area contributed by atoms with Gasteiger partial charge in [0.25, 0.3) is 5.91 Å². The van der Waals surface area contributed by atoms with E-state index in [9.17, 15) is 4.79 Å². The van der Waals surface area contributed by atoms with Crippen LogP contribution in [0.3, 0.4) is 0 Å². The molecule has 0 radical (unpaired) electrons. The molecule has 1 aromatic heterocycles. The summed E-state index contributed by atoms with van der Waals surface area (Å²) in [5.41, 5.74) is 13.3. The smallest absolute Gasteiger partial charge is 0.261 e. The molecule has 0 spiro atoms. The predicted molar refractivity (Wildman–Crippen MR) is 75.8 cm³/mol. The number of anilines is 2. The zero-order valence-corrected chi connectivity index (χ0v) is 11.0. The molecule has 1 aromatic carbocycles. The highest BCUT2D eigenvalue weighted by molar-refractivity contribution is 7.17. The van der Waals surface area contributed by atoms with Gasteiger partial charge in [0.05, 0.1) is 20.6 Å². The number of para-hydroxylation sites is 1. The van der Waals surface area contributed by atoms with E-state index >= 15 is 0 Å². The van der Waals surface area contributed by atoms with Crippen LogP contribution >= 0.6 is 22.9 Å². The van der Waals surface area contributed by atoms with Gasteiger partial charge in [0.1, 0.15) is 0 Å². The first kappa shape index (κ1) is 12.7. The number of nitrogen functional groups attached to an aromatic ring is 2. The van der Waals surface area contributed by atoms with Crippen LogP contribution in [0.15, 0.2) is 30.3 Å². The van der Waals surface area contributed by atoms with E-state index < -0.39 is 0 Å². The third kappa shape index (κ3) is 2.75. The number of nitrogens with one attached hydrogen (secondary N) is 1. The standard InChI is InChI=1S/C12H12ClN3OS/c13-10-5-4-9(18-10)12(17)16-6-7-2-1-3-8(14)11(7)15/h1-5H,6,14-15H2,(H,16,17). The molecular formula is C12H12ClN3OS. The number of hydrogen-bond acceptors (Lipinski definition) is 4. The SMILES string of the molecule is Nc1cccc(CNC(=O)c2ccc(Cl)s2)c1N. The fourth-order valence-electron chi connectivity index (χ4n) is 1.49. The maximum Gasteiger partial charge on any atom is 0.261 e. The van der Waals surface area contributed by atoms with Crippen molar-refractivity contribution < 1.29 is 4.79 Å². The summed E-state index contributed by atoms with van der Waals surface area (Å²) in [4.78, 5) is 12.4. The topological polar surface area (TPSA) is 81.1 Å². The monoisotopic (exact) mass is 281 g/mol. The second kappa shape index (κ2) is 5.29. The lowest BCUT2D eigenvalue weighted by atomic mass is 10.1. The Balaban J connectivity index is 2.04. The van der Waals surface area contributed by atoms with Crippen molar-refractivity contribution in [1.29, 1.82) is 0 Å². The maximum atomic E-state index is 11.8. The van der Waals surface area contributed by atoms with Gasteiger partial charge < -0.3 is 16.8 Å². The Kier molecular flexibility index (Phi) is 3.74. The van der Waals surface area contributed by atoms with Gasteiger partial charge in [-0.15, -0.1) is 11.3 Å². The van der Waals surface area contributed by atoms with E-state index in [4.69, 9.17) is 23.1 Å². The second-order valence-corrected chi connectivity index (χ2v) is 5.42. The van der Waals surface area contributed by atoms with E-state index in [-0.39, 0.29) is 5.91 Å². The number of benzene rings is 1. The van der Waals surface area contributed by atoms with E-state index in [1.54, 1.807) is 24.3 Å². The summed E-state index contributed by atoms with van der Waals surface area (Å²) in [5, 5.41) is 2.77. The van der Waals surface area contributed by atoms with Gasteiger partial charge in [0.2, 0.25) is 0 Å². The molecule has 0 saturated carbocycles. The van der Waals surface area contributed by atoms with Gasteiger partial charge in [0.15, 0.2) is 0 Å². The highest BCUT2D eigenvalue weighted by atomic mass is 35.5. The molecule has 1 amide bonds. The first-order chi connectivity index (χ1) is 8.58. The summed E-state index contributed by atoms with van der Waals surface area (Å²) in [7, 11) is 0. The molecular weight excluding hydrogens is 270 g/mol. The van der Waals surface area contributed by atoms with E-state index in [0.717, 1.165) is 5.56 Å². The Morgan fingerprint density at radius 1 is 1.28 bits per heavy atom. The molecule has 0 unspecified atom stereocenters. The van der Waals surface area contributed by atoms with Crippen molar-refractivity contribution in [3.05, 3.63) is 45.1 Å². The fourth-order valence-corrected chi connectivity index (χ4v) is 2.45. The van der Waals surface area contributed by atoms with Crippen molar-refractivity contribution in [2.75, 3.05) is 11.5 Å². The third-order valence-corrected chi connectivity index (χ3v) is 3.70. The van der Waals surface area contributed by atoms with Crippen LogP contribution in [-0.4, -0.2) is 5.91 Å². The zero-order chi connectivity index (χ0) is 13.1. The van der Waals surface area contributed by atoms with Gasteiger partial charge in [0, 0.05) is 6.54 Å². The predicted octanol–water partition coefficient (Wildman–Crippen LogP) is 2.50. The van der Waals surface area contributed by atoms with Gasteiger partial charge in [-0.1, -0.05) is 23.7 Å². The first-order valence-electron chi connectivity index (χ1n) is 5.24. The Morgan fingerprint density at radius 3 is 2.72 bits per heavy atom. The quantitative estimate of drug-likeness (QED) is 0.756. The molecule has 0 saturated heterocycles. The van der Waals surface area contributed by atoms with Gasteiger partial charge in [-0.25, -0.2) is 0 Å². The largest absolute Gasteiger partial charge is 0.397 e. The molecule has 2 aromatic rings. The molecule has 6 heteroatoms. The number of halogens is 1. The van der Waals surface area contributed by atoms with E-state index in [0.29, 0.717) is 27.1 Å². The number of amides is 1. The third-order valence-electron chi connectivity index (χ3n) is 2.47. The van der Waals surface area contributed by atoms with Crippen LogP contribution in [0.1, 0.15) is 15.2 Å². The molecule has 2 rings (SSSR count). The lowest BCUT2D eigenvalue weighted by Crippen LogP contribution is -2.22. The van der Waals surface area contributed by atoms with E-state index in [1.165, 1.54) is 11.3 Å². The second-order valence-electron chi connectivity index (χ2n) is 3.71. The molecule has 18 heavy (non-hydrogen) atoms. The molecule has 0 aliphatic carbocycles. The Bertz CT molecular complexity index is 582. The highest BCUT2D eigenvalue weighted by Gasteiger charge is 2.09. The van der Waals surface area contributed by atoms with Gasteiger partial charge >= 0.3 is 0 Å². The Labute approximate surface area is 114 Å². The zero-order valence-electron chi connectivity index (χ0n) is 9.44. The molecule has 0 aliphatic heterocycles. The van der Waals surface area contributed by atoms with E-state index in [1.807, 2.05) is 6.07 Å². The molecule has 94 valence electrons. The van der Waals surface area contributed by atoms with Crippen LogP contribution in [0.25, 0.3) is 0 Å². The average Bonchev–Trinajstić information content (AvgIpc) is 2.77. The van der Waals surface area contributed by atoms with Gasteiger partial charge in [-0.05, 0) is 23.8 Å². The Morgan fingerprint density at radius 2 is 2.06 bits per heavy atom. The number of nitrogens with two attached hydrogens (primary N) is 2. The summed E-state index contributed by atoms with van der Waals surface area (Å²) in [6, 6.07) is 8.73. The van der Waals surface area contributed by atoms with Crippen molar-refractivity contribution in [3.8, 4) is 0 Å². The number of hydrogen-bond donors (Lipinski definition) is 3. The van der Waals surface area contributed by atoms with Crippen LogP contribution < -0.4 is 16.8 Å². The molecule has 0 aliphatic rings. The van der Waals surface area contributed by atoms with Crippen LogP contribution in [-0.2, 0) is 6.54 Å². The first-order valence-corrected chi connectivity index (χ1v) is 6.43. The maximum absolute atomic E-state index is 11.8. The van der Waals surface area contributed by atoms with Gasteiger partial charge in [-0.2, -0.15) is 0 Å². The molecule has 0 bridgehead atoms. The van der Waals surface area contributed by atoms with Crippen LogP contribution in [0.2, 0.25) is 4.34 Å². The molecule has 0 atom stereocenters.